The fourth-order valence-corrected chi connectivity index (χ4v) is 1.83. The molecule has 0 aliphatic heterocycles. The van der Waals surface area contributed by atoms with Crippen molar-refractivity contribution in [1.82, 2.24) is 0 Å². The summed E-state index contributed by atoms with van der Waals surface area (Å²) in [6.07, 6.45) is 4.47. The average Bonchev–Trinajstić information content (AvgIpc) is 1.86. The van der Waals surface area contributed by atoms with E-state index in [1.54, 1.807) is 0 Å². The van der Waals surface area contributed by atoms with E-state index in [-0.39, 0.29) is 11.3 Å². The highest BCUT2D eigenvalue weighted by molar-refractivity contribution is 5.19. The topological polar surface area (TPSA) is 23.8 Å². The summed E-state index contributed by atoms with van der Waals surface area (Å²) in [5.41, 5.74) is 1.44. The summed E-state index contributed by atoms with van der Waals surface area (Å²) in [6.45, 7) is 6.42. The van der Waals surface area contributed by atoms with Gasteiger partial charge in [-0.3, -0.25) is 0 Å². The van der Waals surface area contributed by atoms with Gasteiger partial charge < -0.3 is 0 Å². The van der Waals surface area contributed by atoms with Crippen LogP contribution < -0.4 is 0 Å². The molecule has 0 saturated carbocycles. The summed E-state index contributed by atoms with van der Waals surface area (Å²) in [7, 11) is 0. The molecule has 0 bridgehead atoms. The lowest BCUT2D eigenvalue weighted by Crippen LogP contribution is -2.26. The lowest BCUT2D eigenvalue weighted by atomic mass is 9.69. The number of hydrogen-bond donors (Lipinski definition) is 0. The molecule has 0 aromatic heterocycles. The molecule has 0 aromatic rings. The highest BCUT2D eigenvalue weighted by Crippen LogP contribution is 2.39. The van der Waals surface area contributed by atoms with Gasteiger partial charge in [0.15, 0.2) is 0 Å². The Bertz CT molecular complexity index is 218. The van der Waals surface area contributed by atoms with Crippen molar-refractivity contribution in [2.24, 2.45) is 11.3 Å². The van der Waals surface area contributed by atoms with Crippen LogP contribution in [0.15, 0.2) is 11.6 Å². The Hall–Kier alpha value is -0.770. The molecule has 1 heteroatoms. The first kappa shape index (κ1) is 8.33. The zero-order valence-electron chi connectivity index (χ0n) is 7.52. The van der Waals surface area contributed by atoms with E-state index < -0.39 is 0 Å². The molecule has 0 aromatic carbocycles. The molecule has 1 atom stereocenters. The van der Waals surface area contributed by atoms with E-state index in [1.165, 1.54) is 5.57 Å². The van der Waals surface area contributed by atoms with Crippen molar-refractivity contribution >= 4 is 0 Å². The maximum absolute atomic E-state index is 8.91. The second-order valence-electron chi connectivity index (χ2n) is 4.04. The summed E-state index contributed by atoms with van der Waals surface area (Å²) in [6, 6.07) is 2.38. The van der Waals surface area contributed by atoms with Crippen LogP contribution in [0, 0.1) is 22.7 Å². The van der Waals surface area contributed by atoms with Crippen LogP contribution >= 0.6 is 0 Å². The van der Waals surface area contributed by atoms with E-state index in [4.69, 9.17) is 5.26 Å². The molecule has 11 heavy (non-hydrogen) atoms. The van der Waals surface area contributed by atoms with Crippen LogP contribution in [0.1, 0.15) is 33.6 Å². The highest BCUT2D eigenvalue weighted by atomic mass is 14.4. The third-order valence-corrected chi connectivity index (χ3v) is 2.62. The Balaban J connectivity index is 2.91. The zero-order chi connectivity index (χ0) is 8.48. The van der Waals surface area contributed by atoms with Gasteiger partial charge in [0, 0.05) is 0 Å². The Morgan fingerprint density at radius 3 is 2.64 bits per heavy atom. The van der Waals surface area contributed by atoms with Crippen molar-refractivity contribution in [3.8, 4) is 6.07 Å². The fraction of sp³-hybridized carbons (Fsp3) is 0.700. The van der Waals surface area contributed by atoms with Crippen LogP contribution in [0.4, 0.5) is 0 Å². The molecular formula is C10H15N. The first-order chi connectivity index (χ1) is 5.08. The Morgan fingerprint density at radius 1 is 1.64 bits per heavy atom. The second-order valence-corrected chi connectivity index (χ2v) is 4.04. The minimum absolute atomic E-state index is 0.135. The number of hydrogen-bond acceptors (Lipinski definition) is 1. The smallest absolute Gasteiger partial charge is 0.0721 e. The molecule has 1 aliphatic carbocycles. The van der Waals surface area contributed by atoms with E-state index >= 15 is 0 Å². The van der Waals surface area contributed by atoms with Gasteiger partial charge in [-0.05, 0) is 25.2 Å². The van der Waals surface area contributed by atoms with Crippen molar-refractivity contribution in [3.63, 3.8) is 0 Å². The van der Waals surface area contributed by atoms with Crippen LogP contribution in [0.5, 0.6) is 0 Å². The molecule has 0 N–H and O–H groups in total. The highest BCUT2D eigenvalue weighted by Gasteiger charge is 2.32. The van der Waals surface area contributed by atoms with Gasteiger partial charge in [-0.25, -0.2) is 0 Å². The maximum Gasteiger partial charge on any atom is 0.0721 e. The van der Waals surface area contributed by atoms with Crippen LogP contribution in [0.3, 0.4) is 0 Å². The largest absolute Gasteiger partial charge is 0.198 e. The number of nitriles is 1. The molecule has 0 spiro atoms. The minimum Gasteiger partial charge on any atom is -0.198 e. The van der Waals surface area contributed by atoms with Crippen molar-refractivity contribution in [1.29, 1.82) is 5.26 Å². The summed E-state index contributed by atoms with van der Waals surface area (Å²) in [4.78, 5) is 0. The van der Waals surface area contributed by atoms with Crippen LogP contribution in [-0.2, 0) is 0 Å². The van der Waals surface area contributed by atoms with E-state index in [0.29, 0.717) is 0 Å². The van der Waals surface area contributed by atoms with Crippen LogP contribution in [0.25, 0.3) is 0 Å². The van der Waals surface area contributed by atoms with Crippen LogP contribution in [0.2, 0.25) is 0 Å². The number of allylic oxidation sites excluding steroid dienone is 2. The predicted molar refractivity (Wildman–Crippen MR) is 45.9 cm³/mol. The molecular weight excluding hydrogens is 134 g/mol. The van der Waals surface area contributed by atoms with Gasteiger partial charge >= 0.3 is 0 Å². The molecule has 0 amide bonds. The quantitative estimate of drug-likeness (QED) is 0.486. The van der Waals surface area contributed by atoms with Gasteiger partial charge in [0.2, 0.25) is 0 Å². The van der Waals surface area contributed by atoms with Gasteiger partial charge in [-0.15, -0.1) is 0 Å². The molecule has 0 unspecified atom stereocenters. The van der Waals surface area contributed by atoms with Crippen molar-refractivity contribution in [3.05, 3.63) is 11.6 Å². The monoisotopic (exact) mass is 149 g/mol. The maximum atomic E-state index is 8.91. The standard InChI is InChI=1S/C10H15N/c1-8-5-4-6-10(2,3)9(8)7-11/h5,9H,4,6H2,1-3H3/t9-/m1/s1. The Kier molecular flexibility index (Phi) is 2.04. The summed E-state index contributed by atoms with van der Waals surface area (Å²) < 4.78 is 0. The number of nitrogens with zero attached hydrogens (tertiary/aromatic N) is 1. The third-order valence-electron chi connectivity index (χ3n) is 2.62. The molecule has 1 aliphatic rings. The first-order valence-corrected chi connectivity index (χ1v) is 4.14. The summed E-state index contributed by atoms with van der Waals surface area (Å²) >= 11 is 0. The third kappa shape index (κ3) is 1.45. The predicted octanol–water partition coefficient (Wildman–Crippen LogP) is 2.89. The van der Waals surface area contributed by atoms with Crippen molar-refractivity contribution in [2.45, 2.75) is 33.6 Å². The second kappa shape index (κ2) is 2.70. The van der Waals surface area contributed by atoms with E-state index in [9.17, 15) is 0 Å². The van der Waals surface area contributed by atoms with Crippen molar-refractivity contribution in [2.75, 3.05) is 0 Å². The van der Waals surface area contributed by atoms with Gasteiger partial charge in [-0.2, -0.15) is 5.26 Å². The first-order valence-electron chi connectivity index (χ1n) is 4.14. The molecule has 0 radical (unpaired) electrons. The average molecular weight is 149 g/mol. The van der Waals surface area contributed by atoms with Gasteiger partial charge in [0.1, 0.15) is 0 Å². The molecule has 60 valence electrons. The summed E-state index contributed by atoms with van der Waals surface area (Å²) in [5.74, 6) is 0.135. The van der Waals surface area contributed by atoms with Crippen LogP contribution in [-0.4, -0.2) is 0 Å². The normalized spacial score (nSPS) is 28.9. The Morgan fingerprint density at radius 2 is 2.27 bits per heavy atom. The number of rotatable bonds is 0. The molecule has 0 heterocycles. The van der Waals surface area contributed by atoms with Crippen molar-refractivity contribution < 1.29 is 0 Å². The zero-order valence-corrected chi connectivity index (χ0v) is 7.52. The Labute approximate surface area is 68.7 Å². The minimum atomic E-state index is 0.135. The lowest BCUT2D eigenvalue weighted by molar-refractivity contribution is 0.261. The molecule has 0 saturated heterocycles. The lowest BCUT2D eigenvalue weighted by Gasteiger charge is -2.33. The molecule has 1 nitrogen and oxygen atoms in total. The van der Waals surface area contributed by atoms with Gasteiger partial charge in [0.25, 0.3) is 0 Å². The molecule has 0 fully saturated rings. The summed E-state index contributed by atoms with van der Waals surface area (Å²) in [5, 5.41) is 8.91. The van der Waals surface area contributed by atoms with Gasteiger partial charge in [0.05, 0.1) is 12.0 Å². The fourth-order valence-electron chi connectivity index (χ4n) is 1.83. The van der Waals surface area contributed by atoms with E-state index in [2.05, 4.69) is 32.9 Å². The SMILES string of the molecule is CC1=CCCC(C)(C)[C@@H]1C#N. The van der Waals surface area contributed by atoms with E-state index in [0.717, 1.165) is 12.8 Å². The van der Waals surface area contributed by atoms with E-state index in [1.807, 2.05) is 0 Å². The van der Waals surface area contributed by atoms with Gasteiger partial charge in [-0.1, -0.05) is 25.5 Å². The molecule has 1 rings (SSSR count).